The number of nitrogen functional groups attached to an aromatic ring is 1. The summed E-state index contributed by atoms with van der Waals surface area (Å²) in [5.41, 5.74) is 6.05. The zero-order chi connectivity index (χ0) is 14.4. The Morgan fingerprint density at radius 3 is 2.47 bits per heavy atom. The van der Waals surface area contributed by atoms with Gasteiger partial charge < -0.3 is 5.73 Å². The Kier molecular flexibility index (Phi) is 2.88. The highest BCUT2D eigenvalue weighted by Gasteiger charge is 2.22. The molecule has 0 fully saturated rings. The van der Waals surface area contributed by atoms with Gasteiger partial charge in [0.2, 0.25) is 0 Å². The molecule has 5 nitrogen and oxygen atoms in total. The normalized spacial score (nSPS) is 11.8. The molecule has 0 bridgehead atoms. The van der Waals surface area contributed by atoms with Crippen LogP contribution in [-0.2, 0) is 5.41 Å². The van der Waals surface area contributed by atoms with Crippen LogP contribution < -0.4 is 5.73 Å². The van der Waals surface area contributed by atoms with Crippen LogP contribution >= 0.6 is 0 Å². The van der Waals surface area contributed by atoms with Gasteiger partial charge in [0.1, 0.15) is 11.6 Å². The van der Waals surface area contributed by atoms with E-state index < -0.39 is 10.7 Å². The minimum absolute atomic E-state index is 0.108. The van der Waals surface area contributed by atoms with E-state index in [4.69, 9.17) is 5.73 Å². The number of aromatic nitrogens is 1. The Morgan fingerprint density at radius 1 is 1.32 bits per heavy atom. The van der Waals surface area contributed by atoms with E-state index >= 15 is 0 Å². The van der Waals surface area contributed by atoms with Crippen molar-refractivity contribution < 1.29 is 9.31 Å². The Balaban J connectivity index is 2.85. The fraction of sp³-hybridized carbons (Fsp3) is 0.308. The fourth-order valence-electron chi connectivity index (χ4n) is 1.99. The number of pyridine rings is 1. The maximum absolute atomic E-state index is 13.4. The molecular weight excluding hydrogens is 249 g/mol. The summed E-state index contributed by atoms with van der Waals surface area (Å²) < 4.78 is 13.4. The van der Waals surface area contributed by atoms with Gasteiger partial charge in [0.15, 0.2) is 5.52 Å². The summed E-state index contributed by atoms with van der Waals surface area (Å²) >= 11 is 0. The van der Waals surface area contributed by atoms with Crippen LogP contribution in [0.25, 0.3) is 10.9 Å². The maximum atomic E-state index is 13.4. The third kappa shape index (κ3) is 2.33. The first-order valence-corrected chi connectivity index (χ1v) is 5.75. The number of nitrogens with two attached hydrogens (primary N) is 1. The third-order valence-electron chi connectivity index (χ3n) is 2.90. The van der Waals surface area contributed by atoms with Crippen molar-refractivity contribution in [2.75, 3.05) is 5.73 Å². The lowest BCUT2D eigenvalue weighted by molar-refractivity contribution is -0.383. The molecule has 0 unspecified atom stereocenters. The maximum Gasteiger partial charge on any atom is 0.298 e. The second kappa shape index (κ2) is 4.15. The topological polar surface area (TPSA) is 82.0 Å². The lowest BCUT2D eigenvalue weighted by Crippen LogP contribution is -2.15. The molecule has 2 rings (SSSR count). The van der Waals surface area contributed by atoms with Crippen molar-refractivity contribution in [2.45, 2.75) is 26.2 Å². The van der Waals surface area contributed by atoms with Gasteiger partial charge in [0.25, 0.3) is 5.69 Å². The lowest BCUT2D eigenvalue weighted by atomic mass is 9.86. The van der Waals surface area contributed by atoms with Crippen molar-refractivity contribution in [3.05, 3.63) is 39.7 Å². The van der Waals surface area contributed by atoms with Crippen LogP contribution in [0.5, 0.6) is 0 Å². The molecule has 19 heavy (non-hydrogen) atoms. The number of halogens is 1. The smallest absolute Gasteiger partial charge is 0.298 e. The highest BCUT2D eigenvalue weighted by atomic mass is 19.1. The van der Waals surface area contributed by atoms with E-state index in [2.05, 4.69) is 4.98 Å². The minimum atomic E-state index is -0.661. The SMILES string of the molecule is CC(C)(C)c1cc2cc(F)cc([N+](=O)[O-])c2nc1N. The number of rotatable bonds is 1. The molecule has 1 aromatic heterocycles. The van der Waals surface area contributed by atoms with Crippen molar-refractivity contribution in [2.24, 2.45) is 0 Å². The molecule has 0 aliphatic carbocycles. The molecule has 0 aliphatic rings. The largest absolute Gasteiger partial charge is 0.383 e. The molecule has 2 N–H and O–H groups in total. The molecule has 0 spiro atoms. The minimum Gasteiger partial charge on any atom is -0.383 e. The number of nitro benzene ring substituents is 1. The molecule has 2 aromatic rings. The Morgan fingerprint density at radius 2 is 1.95 bits per heavy atom. The van der Waals surface area contributed by atoms with E-state index in [0.29, 0.717) is 5.39 Å². The molecular formula is C13H14FN3O2. The van der Waals surface area contributed by atoms with E-state index in [1.807, 2.05) is 20.8 Å². The quantitative estimate of drug-likeness (QED) is 0.632. The number of hydrogen-bond acceptors (Lipinski definition) is 4. The van der Waals surface area contributed by atoms with E-state index in [0.717, 1.165) is 11.6 Å². The number of nitrogens with zero attached hydrogens (tertiary/aromatic N) is 2. The lowest BCUT2D eigenvalue weighted by Gasteiger charge is -2.21. The molecule has 0 amide bonds. The van der Waals surface area contributed by atoms with Gasteiger partial charge in [-0.05, 0) is 17.5 Å². The summed E-state index contributed by atoms with van der Waals surface area (Å²) in [4.78, 5) is 14.3. The number of fused-ring (bicyclic) bond motifs is 1. The van der Waals surface area contributed by atoms with Crippen molar-refractivity contribution in [1.29, 1.82) is 0 Å². The van der Waals surface area contributed by atoms with Crippen molar-refractivity contribution in [1.82, 2.24) is 4.98 Å². The number of non-ortho nitro benzene ring substituents is 1. The molecule has 0 radical (unpaired) electrons. The highest BCUT2D eigenvalue weighted by Crippen LogP contribution is 2.33. The molecule has 6 heteroatoms. The van der Waals surface area contributed by atoms with Crippen LogP contribution in [-0.4, -0.2) is 9.91 Å². The predicted molar refractivity (Wildman–Crippen MR) is 71.5 cm³/mol. The van der Waals surface area contributed by atoms with Gasteiger partial charge in [-0.2, -0.15) is 0 Å². The third-order valence-corrected chi connectivity index (χ3v) is 2.90. The fourth-order valence-corrected chi connectivity index (χ4v) is 1.99. The first kappa shape index (κ1) is 13.2. The number of benzene rings is 1. The average Bonchev–Trinajstić information content (AvgIpc) is 2.26. The van der Waals surface area contributed by atoms with E-state index in [1.165, 1.54) is 6.07 Å². The molecule has 1 heterocycles. The number of hydrogen-bond donors (Lipinski definition) is 1. The van der Waals surface area contributed by atoms with E-state index in [9.17, 15) is 14.5 Å². The second-order valence-electron chi connectivity index (χ2n) is 5.42. The molecule has 100 valence electrons. The van der Waals surface area contributed by atoms with Gasteiger partial charge >= 0.3 is 0 Å². The van der Waals surface area contributed by atoms with Crippen molar-refractivity contribution in [3.8, 4) is 0 Å². The Bertz CT molecular complexity index is 678. The molecule has 0 saturated heterocycles. The van der Waals surface area contributed by atoms with Crippen molar-refractivity contribution in [3.63, 3.8) is 0 Å². The predicted octanol–water partition coefficient (Wildman–Crippen LogP) is 3.16. The summed E-state index contributed by atoms with van der Waals surface area (Å²) in [6.45, 7) is 5.83. The van der Waals surface area contributed by atoms with Crippen LogP contribution in [0.15, 0.2) is 18.2 Å². The molecule has 0 atom stereocenters. The van der Waals surface area contributed by atoms with Gasteiger partial charge in [0, 0.05) is 10.9 Å². The number of anilines is 1. The standard InChI is InChI=1S/C13H14FN3O2/c1-13(2,3)9-5-7-4-8(14)6-10(17(18)19)11(7)16-12(9)15/h4-6H,1-3H3,(H2,15,16). The first-order chi connectivity index (χ1) is 8.70. The summed E-state index contributed by atoms with van der Waals surface area (Å²) in [5.74, 6) is -0.430. The monoisotopic (exact) mass is 263 g/mol. The highest BCUT2D eigenvalue weighted by molar-refractivity contribution is 5.89. The van der Waals surface area contributed by atoms with Crippen LogP contribution in [0.3, 0.4) is 0 Å². The first-order valence-electron chi connectivity index (χ1n) is 5.75. The van der Waals surface area contributed by atoms with E-state index in [1.54, 1.807) is 6.07 Å². The van der Waals surface area contributed by atoms with Crippen LogP contribution in [0.4, 0.5) is 15.9 Å². The second-order valence-corrected chi connectivity index (χ2v) is 5.42. The van der Waals surface area contributed by atoms with Gasteiger partial charge in [-0.25, -0.2) is 9.37 Å². The summed E-state index contributed by atoms with van der Waals surface area (Å²) in [7, 11) is 0. The average molecular weight is 263 g/mol. The van der Waals surface area contributed by atoms with E-state index in [-0.39, 0.29) is 22.4 Å². The van der Waals surface area contributed by atoms with Crippen LogP contribution in [0.2, 0.25) is 0 Å². The van der Waals surface area contributed by atoms with Crippen molar-refractivity contribution >= 4 is 22.4 Å². The summed E-state index contributed by atoms with van der Waals surface area (Å²) in [5, 5.41) is 11.3. The zero-order valence-electron chi connectivity index (χ0n) is 10.9. The van der Waals surface area contributed by atoms with Gasteiger partial charge in [-0.1, -0.05) is 20.8 Å². The van der Waals surface area contributed by atoms with Crippen LogP contribution in [0, 0.1) is 15.9 Å². The Hall–Kier alpha value is -2.24. The zero-order valence-corrected chi connectivity index (χ0v) is 10.9. The van der Waals surface area contributed by atoms with Gasteiger partial charge in [-0.3, -0.25) is 10.1 Å². The van der Waals surface area contributed by atoms with Gasteiger partial charge in [-0.15, -0.1) is 0 Å². The summed E-state index contributed by atoms with van der Waals surface area (Å²) in [6, 6.07) is 3.74. The molecule has 1 aromatic carbocycles. The Labute approximate surface area is 109 Å². The molecule has 0 saturated carbocycles. The van der Waals surface area contributed by atoms with Gasteiger partial charge in [0.05, 0.1) is 11.0 Å². The summed E-state index contributed by atoms with van der Waals surface area (Å²) in [6.07, 6.45) is 0. The number of nitro groups is 1. The molecule has 0 aliphatic heterocycles. The van der Waals surface area contributed by atoms with Crippen LogP contribution in [0.1, 0.15) is 26.3 Å².